The summed E-state index contributed by atoms with van der Waals surface area (Å²) < 4.78 is 5.43. The predicted molar refractivity (Wildman–Crippen MR) is 97.8 cm³/mol. The highest BCUT2D eigenvalue weighted by atomic mass is 16.6. The van der Waals surface area contributed by atoms with Crippen LogP contribution in [0.5, 0.6) is 0 Å². The van der Waals surface area contributed by atoms with Crippen molar-refractivity contribution < 1.29 is 19.4 Å². The molecule has 2 heterocycles. The van der Waals surface area contributed by atoms with Crippen LogP contribution in [0.1, 0.15) is 52.9 Å². The van der Waals surface area contributed by atoms with E-state index in [4.69, 9.17) is 4.74 Å². The molecule has 26 heavy (non-hydrogen) atoms. The Morgan fingerprint density at radius 2 is 1.77 bits per heavy atom. The SMILES string of the molecule is CC(C)(C)OC(=O)N1C[C@@H](O)C[C@@H]1C(=O)N1CCCN(C2CCC2)CC1. The van der Waals surface area contributed by atoms with Gasteiger partial charge in [0.05, 0.1) is 12.6 Å². The average Bonchev–Trinajstić information content (AvgIpc) is 2.72. The number of β-amino-alcohol motifs (C(OH)–C–C–N with tert-alkyl or cyclic N) is 1. The number of hydrogen-bond donors (Lipinski definition) is 1. The van der Waals surface area contributed by atoms with Crippen molar-refractivity contribution in [3.63, 3.8) is 0 Å². The highest BCUT2D eigenvalue weighted by molar-refractivity contribution is 5.86. The van der Waals surface area contributed by atoms with Gasteiger partial charge >= 0.3 is 6.09 Å². The van der Waals surface area contributed by atoms with Crippen LogP contribution < -0.4 is 0 Å². The van der Waals surface area contributed by atoms with Crippen molar-refractivity contribution in [2.45, 2.75) is 76.7 Å². The van der Waals surface area contributed by atoms with Gasteiger partial charge in [-0.05, 0) is 40.0 Å². The van der Waals surface area contributed by atoms with Gasteiger partial charge in [0.1, 0.15) is 11.6 Å². The van der Waals surface area contributed by atoms with Gasteiger partial charge in [0, 0.05) is 38.6 Å². The van der Waals surface area contributed by atoms with E-state index in [0.29, 0.717) is 19.0 Å². The van der Waals surface area contributed by atoms with Crippen LogP contribution in [0.15, 0.2) is 0 Å². The van der Waals surface area contributed by atoms with Crippen LogP contribution in [-0.4, -0.2) is 88.3 Å². The maximum atomic E-state index is 13.1. The Morgan fingerprint density at radius 3 is 2.38 bits per heavy atom. The first-order valence-electron chi connectivity index (χ1n) is 9.95. The van der Waals surface area contributed by atoms with Gasteiger partial charge in [-0.2, -0.15) is 0 Å². The minimum atomic E-state index is -0.671. The Balaban J connectivity index is 1.62. The predicted octanol–water partition coefficient (Wildman–Crippen LogP) is 1.44. The van der Waals surface area contributed by atoms with Crippen LogP contribution in [0, 0.1) is 0 Å². The highest BCUT2D eigenvalue weighted by Crippen LogP contribution is 2.27. The topological polar surface area (TPSA) is 73.3 Å². The van der Waals surface area contributed by atoms with Crippen LogP contribution in [-0.2, 0) is 9.53 Å². The van der Waals surface area contributed by atoms with Gasteiger partial charge in [-0.15, -0.1) is 0 Å². The van der Waals surface area contributed by atoms with Crippen molar-refractivity contribution in [3.05, 3.63) is 0 Å². The maximum absolute atomic E-state index is 13.1. The van der Waals surface area contributed by atoms with E-state index in [2.05, 4.69) is 4.90 Å². The van der Waals surface area contributed by atoms with Crippen LogP contribution in [0.3, 0.4) is 0 Å². The molecule has 2 amide bonds. The molecule has 3 fully saturated rings. The van der Waals surface area contributed by atoms with Gasteiger partial charge in [-0.3, -0.25) is 14.6 Å². The Hall–Kier alpha value is -1.34. The fraction of sp³-hybridized carbons (Fsp3) is 0.895. The van der Waals surface area contributed by atoms with E-state index >= 15 is 0 Å². The zero-order valence-electron chi connectivity index (χ0n) is 16.3. The second-order valence-corrected chi connectivity index (χ2v) is 8.84. The first-order valence-corrected chi connectivity index (χ1v) is 9.95. The van der Waals surface area contributed by atoms with Gasteiger partial charge in [-0.25, -0.2) is 4.79 Å². The lowest BCUT2D eigenvalue weighted by Gasteiger charge is -2.37. The molecule has 0 aromatic carbocycles. The molecular formula is C19H33N3O4. The molecule has 0 radical (unpaired) electrons. The molecule has 7 nitrogen and oxygen atoms in total. The molecule has 0 aromatic heterocycles. The molecule has 3 aliphatic rings. The van der Waals surface area contributed by atoms with E-state index < -0.39 is 23.8 Å². The lowest BCUT2D eigenvalue weighted by atomic mass is 9.91. The number of carbonyl (C=O) groups is 2. The van der Waals surface area contributed by atoms with Crippen molar-refractivity contribution in [1.29, 1.82) is 0 Å². The molecule has 1 aliphatic carbocycles. The molecule has 0 bridgehead atoms. The molecule has 0 spiro atoms. The largest absolute Gasteiger partial charge is 0.444 e. The number of aliphatic hydroxyl groups is 1. The molecule has 0 aromatic rings. The quantitative estimate of drug-likeness (QED) is 0.800. The summed E-state index contributed by atoms with van der Waals surface area (Å²) in [4.78, 5) is 31.3. The summed E-state index contributed by atoms with van der Waals surface area (Å²) in [5, 5.41) is 10.0. The van der Waals surface area contributed by atoms with E-state index in [1.54, 1.807) is 20.8 Å². The summed E-state index contributed by atoms with van der Waals surface area (Å²) in [6.45, 7) is 8.93. The van der Waals surface area contributed by atoms with Gasteiger partial charge < -0.3 is 14.7 Å². The maximum Gasteiger partial charge on any atom is 0.411 e. The first-order chi connectivity index (χ1) is 12.2. The molecule has 2 saturated heterocycles. The zero-order chi connectivity index (χ0) is 18.9. The van der Waals surface area contributed by atoms with Gasteiger partial charge in [0.25, 0.3) is 0 Å². The number of hydrogen-bond acceptors (Lipinski definition) is 5. The molecule has 0 unspecified atom stereocenters. The third kappa shape index (κ3) is 4.49. The molecule has 2 atom stereocenters. The number of likely N-dealkylation sites (tertiary alicyclic amines) is 1. The van der Waals surface area contributed by atoms with E-state index in [1.165, 1.54) is 24.2 Å². The van der Waals surface area contributed by atoms with E-state index in [1.807, 2.05) is 4.90 Å². The number of carbonyl (C=O) groups excluding carboxylic acids is 2. The smallest absolute Gasteiger partial charge is 0.411 e. The summed E-state index contributed by atoms with van der Waals surface area (Å²) in [6, 6.07) is 0.0757. The average molecular weight is 367 g/mol. The third-order valence-corrected chi connectivity index (χ3v) is 5.63. The monoisotopic (exact) mass is 367 g/mol. The number of ether oxygens (including phenoxy) is 1. The third-order valence-electron chi connectivity index (χ3n) is 5.63. The summed E-state index contributed by atoms with van der Waals surface area (Å²) >= 11 is 0. The molecule has 7 heteroatoms. The van der Waals surface area contributed by atoms with Crippen LogP contribution >= 0.6 is 0 Å². The second-order valence-electron chi connectivity index (χ2n) is 8.84. The minimum Gasteiger partial charge on any atom is -0.444 e. The summed E-state index contributed by atoms with van der Waals surface area (Å²) in [6.07, 6.45) is 3.93. The van der Waals surface area contributed by atoms with Crippen molar-refractivity contribution in [2.24, 2.45) is 0 Å². The first kappa shape index (κ1) is 19.4. The molecule has 1 N–H and O–H groups in total. The Labute approximate surface area is 156 Å². The molecule has 1 saturated carbocycles. The normalized spacial score (nSPS) is 28.6. The van der Waals surface area contributed by atoms with Crippen molar-refractivity contribution in [1.82, 2.24) is 14.7 Å². The van der Waals surface area contributed by atoms with Crippen molar-refractivity contribution in [3.8, 4) is 0 Å². The standard InChI is InChI=1S/C19H33N3O4/c1-19(2,3)26-18(25)22-13-15(23)12-16(22)17(24)21-9-5-8-20(10-11-21)14-6-4-7-14/h14-16,23H,4-13H2,1-3H3/t15-,16+/m0/s1. The van der Waals surface area contributed by atoms with Crippen LogP contribution in [0.2, 0.25) is 0 Å². The van der Waals surface area contributed by atoms with E-state index in [-0.39, 0.29) is 12.5 Å². The Bertz CT molecular complexity index is 529. The van der Waals surface area contributed by atoms with Gasteiger partial charge in [0.15, 0.2) is 0 Å². The molecule has 2 aliphatic heterocycles. The molecule has 3 rings (SSSR count). The van der Waals surface area contributed by atoms with Gasteiger partial charge in [-0.1, -0.05) is 6.42 Å². The second kappa shape index (κ2) is 7.72. The Morgan fingerprint density at radius 1 is 1.04 bits per heavy atom. The summed E-state index contributed by atoms with van der Waals surface area (Å²) in [5.41, 5.74) is -0.621. The number of amides is 2. The fourth-order valence-corrected chi connectivity index (χ4v) is 4.06. The lowest BCUT2D eigenvalue weighted by Crippen LogP contribution is -2.50. The Kier molecular flexibility index (Phi) is 5.77. The van der Waals surface area contributed by atoms with Crippen molar-refractivity contribution in [2.75, 3.05) is 32.7 Å². The van der Waals surface area contributed by atoms with Crippen LogP contribution in [0.4, 0.5) is 4.79 Å². The fourth-order valence-electron chi connectivity index (χ4n) is 4.06. The summed E-state index contributed by atoms with van der Waals surface area (Å²) in [5.74, 6) is -0.0529. The van der Waals surface area contributed by atoms with Gasteiger partial charge in [0.2, 0.25) is 5.91 Å². The molecule has 148 valence electrons. The molecular weight excluding hydrogens is 334 g/mol. The number of nitrogens with zero attached hydrogens (tertiary/aromatic N) is 3. The highest BCUT2D eigenvalue weighted by Gasteiger charge is 2.42. The number of rotatable bonds is 2. The zero-order valence-corrected chi connectivity index (χ0v) is 16.3. The van der Waals surface area contributed by atoms with E-state index in [9.17, 15) is 14.7 Å². The summed E-state index contributed by atoms with van der Waals surface area (Å²) in [7, 11) is 0. The minimum absolute atomic E-state index is 0.0529. The van der Waals surface area contributed by atoms with Crippen molar-refractivity contribution >= 4 is 12.0 Å². The number of aliphatic hydroxyl groups excluding tert-OH is 1. The van der Waals surface area contributed by atoms with Crippen LogP contribution in [0.25, 0.3) is 0 Å². The van der Waals surface area contributed by atoms with E-state index in [0.717, 1.165) is 26.1 Å². The lowest BCUT2D eigenvalue weighted by molar-refractivity contribution is -0.135.